The van der Waals surface area contributed by atoms with E-state index in [9.17, 15) is 0 Å². The summed E-state index contributed by atoms with van der Waals surface area (Å²) in [5.41, 5.74) is 0. The van der Waals surface area contributed by atoms with Crippen molar-refractivity contribution in [3.05, 3.63) is 19.1 Å². The minimum Gasteiger partial charge on any atom is -0.343 e. The Balaban J connectivity index is 0. The van der Waals surface area contributed by atoms with Crippen LogP contribution < -0.4 is 18.9 Å². The van der Waals surface area contributed by atoms with Gasteiger partial charge in [0, 0.05) is 0 Å². The van der Waals surface area contributed by atoms with Crippen LogP contribution in [0.3, 0.4) is 0 Å². The Morgan fingerprint density at radius 3 is 1.93 bits per heavy atom. The fourth-order valence-corrected chi connectivity index (χ4v) is 1.57. The predicted octanol–water partition coefficient (Wildman–Crippen LogP) is 2.30. The second-order valence-electron chi connectivity index (χ2n) is 4.02. The van der Waals surface area contributed by atoms with Crippen molar-refractivity contribution in [2.24, 2.45) is 0 Å². The van der Waals surface area contributed by atoms with E-state index in [1.165, 1.54) is 51.4 Å². The molecular formula is C14H27Li. The van der Waals surface area contributed by atoms with E-state index >= 15 is 0 Å². The van der Waals surface area contributed by atoms with E-state index in [1.54, 1.807) is 0 Å². The fraction of sp³-hybridized carbons (Fsp3) is 0.786. The van der Waals surface area contributed by atoms with Gasteiger partial charge in [0.05, 0.1) is 0 Å². The Bertz CT molecular complexity index is 119. The average Bonchev–Trinajstić information content (AvgIpc) is 2.21. The fourth-order valence-electron chi connectivity index (χ4n) is 1.57. The van der Waals surface area contributed by atoms with Crippen LogP contribution in [0.5, 0.6) is 0 Å². The molecule has 0 aliphatic carbocycles. The zero-order valence-electron chi connectivity index (χ0n) is 10.9. The molecule has 0 aliphatic heterocycles. The second-order valence-corrected chi connectivity index (χ2v) is 4.02. The van der Waals surface area contributed by atoms with Gasteiger partial charge in [-0.15, -0.1) is 0 Å². The monoisotopic (exact) mass is 202 g/mol. The first-order chi connectivity index (χ1) is 6.91. The molecule has 84 valence electrons. The van der Waals surface area contributed by atoms with Crippen LogP contribution in [0.25, 0.3) is 0 Å². The molecule has 0 unspecified atom stereocenters. The summed E-state index contributed by atoms with van der Waals surface area (Å²) in [5.74, 6) is 0. The molecule has 0 aromatic rings. The summed E-state index contributed by atoms with van der Waals surface area (Å²) in [5, 5.41) is 0. The van der Waals surface area contributed by atoms with Crippen molar-refractivity contribution < 1.29 is 18.9 Å². The normalized spacial score (nSPS) is 10.5. The molecule has 0 fully saturated rings. The Kier molecular flexibility index (Phi) is 19.8. The van der Waals surface area contributed by atoms with Gasteiger partial charge in [0.25, 0.3) is 0 Å². The smallest absolute Gasteiger partial charge is 0.343 e. The van der Waals surface area contributed by atoms with E-state index in [4.69, 9.17) is 0 Å². The third-order valence-electron chi connectivity index (χ3n) is 2.51. The molecule has 1 heteroatoms. The molecule has 0 N–H and O–H groups in total. The average molecular weight is 202 g/mol. The molecule has 0 rings (SSSR count). The zero-order valence-corrected chi connectivity index (χ0v) is 10.9. The molecule has 0 aliphatic rings. The van der Waals surface area contributed by atoms with E-state index < -0.39 is 0 Å². The molecule has 0 nitrogen and oxygen atoms in total. The number of allylic oxidation sites excluding steroid dienone is 2. The van der Waals surface area contributed by atoms with Crippen molar-refractivity contribution in [3.63, 3.8) is 0 Å². The molecule has 0 radical (unpaired) electrons. The molecule has 0 aromatic carbocycles. The SMILES string of the molecule is [CH2-]CC/C=C\CCCCCCCCC.[Li+]. The number of hydrogen-bond donors (Lipinski definition) is 0. The van der Waals surface area contributed by atoms with Crippen molar-refractivity contribution >= 4 is 0 Å². The standard InChI is InChI=1S/C14H27.Li/c1-3-5-7-9-11-13-14-12-10-8-6-4-2;/h7,9H,1,3-6,8,10-14H2,2H3;/q-1;+1/b9-7-;. The van der Waals surface area contributed by atoms with Gasteiger partial charge in [-0.2, -0.15) is 6.42 Å². The van der Waals surface area contributed by atoms with Crippen LogP contribution in [0.15, 0.2) is 12.2 Å². The van der Waals surface area contributed by atoms with Gasteiger partial charge in [-0.05, 0) is 12.8 Å². The molecule has 0 bridgehead atoms. The third kappa shape index (κ3) is 17.0. The molecular weight excluding hydrogens is 175 g/mol. The summed E-state index contributed by atoms with van der Waals surface area (Å²) in [7, 11) is 0. The first-order valence-electron chi connectivity index (χ1n) is 6.36. The van der Waals surface area contributed by atoms with Crippen molar-refractivity contribution in [3.8, 4) is 0 Å². The molecule has 0 heterocycles. The molecule has 0 saturated heterocycles. The maximum Gasteiger partial charge on any atom is 1.00 e. The van der Waals surface area contributed by atoms with E-state index in [0.717, 1.165) is 12.8 Å². The summed E-state index contributed by atoms with van der Waals surface area (Å²) < 4.78 is 0. The summed E-state index contributed by atoms with van der Waals surface area (Å²) in [6, 6.07) is 0. The van der Waals surface area contributed by atoms with Gasteiger partial charge in [-0.3, -0.25) is 0 Å². The number of unbranched alkanes of at least 4 members (excludes halogenated alkanes) is 8. The topological polar surface area (TPSA) is 0 Å². The van der Waals surface area contributed by atoms with E-state index in [-0.39, 0.29) is 18.9 Å². The van der Waals surface area contributed by atoms with Crippen LogP contribution in [0.2, 0.25) is 0 Å². The quantitative estimate of drug-likeness (QED) is 0.221. The summed E-state index contributed by atoms with van der Waals surface area (Å²) >= 11 is 0. The van der Waals surface area contributed by atoms with Crippen LogP contribution in [0.1, 0.15) is 71.1 Å². The molecule has 0 aromatic heterocycles. The van der Waals surface area contributed by atoms with Crippen LogP contribution >= 0.6 is 0 Å². The predicted molar refractivity (Wildman–Crippen MR) is 66.3 cm³/mol. The zero-order chi connectivity index (χ0) is 10.5. The molecule has 0 amide bonds. The molecule has 0 atom stereocenters. The van der Waals surface area contributed by atoms with Crippen LogP contribution in [0.4, 0.5) is 0 Å². The van der Waals surface area contributed by atoms with Gasteiger partial charge in [-0.25, -0.2) is 0 Å². The van der Waals surface area contributed by atoms with Gasteiger partial charge < -0.3 is 6.92 Å². The van der Waals surface area contributed by atoms with Gasteiger partial charge >= 0.3 is 18.9 Å². The number of rotatable bonds is 10. The molecule has 0 spiro atoms. The maximum absolute atomic E-state index is 3.81. The van der Waals surface area contributed by atoms with Gasteiger partial charge in [0.2, 0.25) is 0 Å². The van der Waals surface area contributed by atoms with Gasteiger partial charge in [0.1, 0.15) is 0 Å². The minimum atomic E-state index is 0. The molecule has 15 heavy (non-hydrogen) atoms. The Labute approximate surface area is 109 Å². The third-order valence-corrected chi connectivity index (χ3v) is 2.51. The van der Waals surface area contributed by atoms with Gasteiger partial charge in [0.15, 0.2) is 0 Å². The van der Waals surface area contributed by atoms with Crippen molar-refractivity contribution in [1.29, 1.82) is 0 Å². The Morgan fingerprint density at radius 1 is 0.800 bits per heavy atom. The molecule has 0 saturated carbocycles. The summed E-state index contributed by atoms with van der Waals surface area (Å²) in [6.07, 6.45) is 17.9. The first kappa shape index (κ1) is 17.7. The van der Waals surface area contributed by atoms with Crippen molar-refractivity contribution in [2.75, 3.05) is 0 Å². The Morgan fingerprint density at radius 2 is 1.33 bits per heavy atom. The second kappa shape index (κ2) is 16.8. The minimum absolute atomic E-state index is 0. The van der Waals surface area contributed by atoms with E-state index in [2.05, 4.69) is 26.0 Å². The summed E-state index contributed by atoms with van der Waals surface area (Å²) in [4.78, 5) is 0. The van der Waals surface area contributed by atoms with Crippen LogP contribution in [0, 0.1) is 6.92 Å². The van der Waals surface area contributed by atoms with Crippen molar-refractivity contribution in [2.45, 2.75) is 71.1 Å². The summed E-state index contributed by atoms with van der Waals surface area (Å²) in [6.45, 7) is 6.08. The van der Waals surface area contributed by atoms with Gasteiger partial charge in [-0.1, -0.05) is 64.0 Å². The van der Waals surface area contributed by atoms with E-state index in [1.807, 2.05) is 0 Å². The van der Waals surface area contributed by atoms with E-state index in [0.29, 0.717) is 0 Å². The van der Waals surface area contributed by atoms with Crippen molar-refractivity contribution in [1.82, 2.24) is 0 Å². The largest absolute Gasteiger partial charge is 1.00 e. The maximum atomic E-state index is 3.81. The number of hydrogen-bond acceptors (Lipinski definition) is 0. The van der Waals surface area contributed by atoms with Crippen LogP contribution in [-0.2, 0) is 0 Å². The first-order valence-corrected chi connectivity index (χ1v) is 6.36. The Hall–Kier alpha value is 0.337. The van der Waals surface area contributed by atoms with Crippen LogP contribution in [-0.4, -0.2) is 0 Å².